The molecule has 0 aliphatic carbocycles. The van der Waals surface area contributed by atoms with E-state index in [1.807, 2.05) is 0 Å². The van der Waals surface area contributed by atoms with Gasteiger partial charge in [-0.2, -0.15) is 0 Å². The van der Waals surface area contributed by atoms with Gasteiger partial charge in [0.1, 0.15) is 6.23 Å². The monoisotopic (exact) mass is 126 g/mol. The molecular formula is C7H12NO. The Hall–Kier alpha value is -0.0800. The van der Waals surface area contributed by atoms with Crippen molar-refractivity contribution in [3.63, 3.8) is 0 Å². The third-order valence-electron chi connectivity index (χ3n) is 2.07. The molecule has 2 heterocycles. The Balaban J connectivity index is 1.82. The Bertz CT molecular complexity index is 95.1. The number of hydrogen-bond acceptors (Lipinski definition) is 2. The van der Waals surface area contributed by atoms with Crippen LogP contribution in [0.2, 0.25) is 0 Å². The van der Waals surface area contributed by atoms with E-state index in [1.54, 1.807) is 0 Å². The van der Waals surface area contributed by atoms with E-state index in [-0.39, 0.29) is 0 Å². The Labute approximate surface area is 55.8 Å². The van der Waals surface area contributed by atoms with Crippen molar-refractivity contribution < 1.29 is 4.74 Å². The van der Waals surface area contributed by atoms with Gasteiger partial charge in [0.2, 0.25) is 0 Å². The number of ether oxygens (including phenoxy) is 1. The number of nitrogens with zero attached hydrogens (tertiary/aromatic N) is 1. The standard InChI is InChI=1S/C7H12NO/c1-2-5-8(4-1)7-3-6-9-7/h1,7H,2-6H2. The Morgan fingerprint density at radius 2 is 2.44 bits per heavy atom. The average molecular weight is 126 g/mol. The predicted molar refractivity (Wildman–Crippen MR) is 34.8 cm³/mol. The quantitative estimate of drug-likeness (QED) is 0.511. The summed E-state index contributed by atoms with van der Waals surface area (Å²) in [6.45, 7) is 3.33. The van der Waals surface area contributed by atoms with Crippen molar-refractivity contribution >= 4 is 0 Å². The molecule has 0 aromatic rings. The van der Waals surface area contributed by atoms with E-state index < -0.39 is 0 Å². The number of likely N-dealkylation sites (tertiary alicyclic amines) is 1. The first-order valence-corrected chi connectivity index (χ1v) is 3.64. The van der Waals surface area contributed by atoms with E-state index in [0.717, 1.165) is 13.2 Å². The molecule has 51 valence electrons. The summed E-state index contributed by atoms with van der Waals surface area (Å²) < 4.78 is 5.32. The molecule has 0 N–H and O–H groups in total. The van der Waals surface area contributed by atoms with Crippen LogP contribution in [0.5, 0.6) is 0 Å². The molecule has 2 rings (SSSR count). The average Bonchev–Trinajstić information content (AvgIpc) is 2.11. The van der Waals surface area contributed by atoms with Crippen LogP contribution in [0.4, 0.5) is 0 Å². The van der Waals surface area contributed by atoms with Crippen LogP contribution in [0.15, 0.2) is 0 Å². The van der Waals surface area contributed by atoms with Gasteiger partial charge < -0.3 is 4.74 Å². The molecular weight excluding hydrogens is 114 g/mol. The molecule has 0 aromatic heterocycles. The van der Waals surface area contributed by atoms with Crippen molar-refractivity contribution in [1.82, 2.24) is 4.90 Å². The second-order valence-electron chi connectivity index (χ2n) is 2.69. The van der Waals surface area contributed by atoms with Gasteiger partial charge in [-0.1, -0.05) is 0 Å². The maximum atomic E-state index is 5.32. The topological polar surface area (TPSA) is 12.5 Å². The van der Waals surface area contributed by atoms with Crippen LogP contribution in [0.1, 0.15) is 12.8 Å². The van der Waals surface area contributed by atoms with Crippen molar-refractivity contribution in [2.75, 3.05) is 19.7 Å². The second kappa shape index (κ2) is 2.27. The van der Waals surface area contributed by atoms with E-state index >= 15 is 0 Å². The fourth-order valence-corrected chi connectivity index (χ4v) is 1.38. The van der Waals surface area contributed by atoms with Gasteiger partial charge in [-0.15, -0.1) is 0 Å². The normalized spacial score (nSPS) is 36.7. The van der Waals surface area contributed by atoms with Crippen LogP contribution in [-0.4, -0.2) is 30.8 Å². The fourth-order valence-electron chi connectivity index (χ4n) is 1.38. The van der Waals surface area contributed by atoms with E-state index in [1.165, 1.54) is 19.4 Å². The molecule has 2 nitrogen and oxygen atoms in total. The first kappa shape index (κ1) is 5.69. The summed E-state index contributed by atoms with van der Waals surface area (Å²) in [6, 6.07) is 0. The van der Waals surface area contributed by atoms with Gasteiger partial charge in [0.05, 0.1) is 6.61 Å². The van der Waals surface area contributed by atoms with E-state index in [4.69, 9.17) is 4.74 Å². The summed E-state index contributed by atoms with van der Waals surface area (Å²) in [5.74, 6) is 0. The molecule has 0 aromatic carbocycles. The van der Waals surface area contributed by atoms with Gasteiger partial charge in [0, 0.05) is 19.5 Å². The van der Waals surface area contributed by atoms with Gasteiger partial charge in [-0.05, 0) is 12.8 Å². The lowest BCUT2D eigenvalue weighted by molar-refractivity contribution is -0.135. The molecule has 0 amide bonds. The minimum Gasteiger partial charge on any atom is -0.363 e. The molecule has 0 bridgehead atoms. The zero-order chi connectivity index (χ0) is 6.10. The fraction of sp³-hybridized carbons (Fsp3) is 0.857. The van der Waals surface area contributed by atoms with Crippen LogP contribution >= 0.6 is 0 Å². The lowest BCUT2D eigenvalue weighted by atomic mass is 10.3. The summed E-state index contributed by atoms with van der Waals surface area (Å²) in [5, 5.41) is 0. The first-order valence-electron chi connectivity index (χ1n) is 3.64. The summed E-state index contributed by atoms with van der Waals surface area (Å²) in [6.07, 6.45) is 5.29. The molecule has 2 aliphatic rings. The van der Waals surface area contributed by atoms with Crippen molar-refractivity contribution in [1.29, 1.82) is 0 Å². The second-order valence-corrected chi connectivity index (χ2v) is 2.69. The summed E-state index contributed by atoms with van der Waals surface area (Å²) >= 11 is 0. The Morgan fingerprint density at radius 3 is 2.89 bits per heavy atom. The third-order valence-corrected chi connectivity index (χ3v) is 2.07. The van der Waals surface area contributed by atoms with Crippen molar-refractivity contribution in [2.45, 2.75) is 19.1 Å². The molecule has 2 saturated heterocycles. The lowest BCUT2D eigenvalue weighted by Crippen LogP contribution is -2.42. The lowest BCUT2D eigenvalue weighted by Gasteiger charge is -2.34. The van der Waals surface area contributed by atoms with Crippen LogP contribution in [0, 0.1) is 6.42 Å². The molecule has 2 fully saturated rings. The molecule has 1 radical (unpaired) electrons. The third kappa shape index (κ3) is 0.970. The molecule has 1 unspecified atom stereocenters. The predicted octanol–water partition coefficient (Wildman–Crippen LogP) is 0.643. The largest absolute Gasteiger partial charge is 0.363 e. The molecule has 0 spiro atoms. The zero-order valence-corrected chi connectivity index (χ0v) is 5.55. The highest BCUT2D eigenvalue weighted by Crippen LogP contribution is 2.20. The van der Waals surface area contributed by atoms with Crippen LogP contribution in [0.25, 0.3) is 0 Å². The summed E-state index contributed by atoms with van der Waals surface area (Å²) in [4.78, 5) is 2.39. The highest BCUT2D eigenvalue weighted by Gasteiger charge is 2.27. The minimum absolute atomic E-state index is 0.476. The van der Waals surface area contributed by atoms with Gasteiger partial charge in [0.25, 0.3) is 0 Å². The smallest absolute Gasteiger partial charge is 0.112 e. The highest BCUT2D eigenvalue weighted by atomic mass is 16.5. The van der Waals surface area contributed by atoms with Crippen molar-refractivity contribution in [3.05, 3.63) is 6.42 Å². The molecule has 2 aliphatic heterocycles. The maximum absolute atomic E-state index is 5.32. The zero-order valence-electron chi connectivity index (χ0n) is 5.55. The van der Waals surface area contributed by atoms with E-state index in [2.05, 4.69) is 11.3 Å². The molecule has 2 heteroatoms. The number of hydrogen-bond donors (Lipinski definition) is 0. The van der Waals surface area contributed by atoms with Gasteiger partial charge in [-0.3, -0.25) is 4.90 Å². The molecule has 0 saturated carbocycles. The van der Waals surface area contributed by atoms with Crippen LogP contribution in [0.3, 0.4) is 0 Å². The van der Waals surface area contributed by atoms with E-state index in [9.17, 15) is 0 Å². The summed E-state index contributed by atoms with van der Waals surface area (Å²) in [7, 11) is 0. The number of rotatable bonds is 1. The first-order chi connectivity index (χ1) is 4.47. The van der Waals surface area contributed by atoms with Crippen molar-refractivity contribution in [3.8, 4) is 0 Å². The Morgan fingerprint density at radius 1 is 1.56 bits per heavy atom. The SMILES string of the molecule is [CH]1CCN(C2CCO2)C1. The molecule has 1 atom stereocenters. The Kier molecular flexibility index (Phi) is 1.44. The van der Waals surface area contributed by atoms with Crippen LogP contribution in [-0.2, 0) is 4.74 Å². The minimum atomic E-state index is 0.476. The molecule has 9 heavy (non-hydrogen) atoms. The van der Waals surface area contributed by atoms with Crippen molar-refractivity contribution in [2.24, 2.45) is 0 Å². The van der Waals surface area contributed by atoms with Gasteiger partial charge in [-0.25, -0.2) is 0 Å². The highest BCUT2D eigenvalue weighted by molar-refractivity contribution is 4.84. The van der Waals surface area contributed by atoms with E-state index in [0.29, 0.717) is 6.23 Å². The maximum Gasteiger partial charge on any atom is 0.112 e. The van der Waals surface area contributed by atoms with Gasteiger partial charge in [0.15, 0.2) is 0 Å². The van der Waals surface area contributed by atoms with Crippen LogP contribution < -0.4 is 0 Å². The summed E-state index contributed by atoms with van der Waals surface area (Å²) in [5.41, 5.74) is 0. The van der Waals surface area contributed by atoms with Gasteiger partial charge >= 0.3 is 0 Å².